The van der Waals surface area contributed by atoms with Crippen LogP contribution >= 0.6 is 0 Å². The number of carboxylic acids is 1. The van der Waals surface area contributed by atoms with E-state index in [1.165, 1.54) is 24.3 Å². The highest BCUT2D eigenvalue weighted by molar-refractivity contribution is 5.88. The maximum absolute atomic E-state index is 13.0. The quantitative estimate of drug-likeness (QED) is 0.622. The highest BCUT2D eigenvalue weighted by Gasteiger charge is 2.05. The van der Waals surface area contributed by atoms with Gasteiger partial charge in [-0.3, -0.25) is 0 Å². The highest BCUT2D eigenvalue weighted by Crippen LogP contribution is 2.18. The fourth-order valence-corrected chi connectivity index (χ4v) is 2.36. The van der Waals surface area contributed by atoms with E-state index in [9.17, 15) is 9.18 Å². The summed E-state index contributed by atoms with van der Waals surface area (Å²) in [6.45, 7) is 2.28. The molecule has 0 unspecified atom stereocenters. The van der Waals surface area contributed by atoms with E-state index in [1.54, 1.807) is 37.3 Å². The van der Waals surface area contributed by atoms with Gasteiger partial charge in [-0.2, -0.15) is 0 Å². The van der Waals surface area contributed by atoms with Crippen LogP contribution in [0.25, 0.3) is 0 Å². The van der Waals surface area contributed by atoms with Gasteiger partial charge in [0.2, 0.25) is 0 Å². The van der Waals surface area contributed by atoms with Crippen LogP contribution in [0.2, 0.25) is 0 Å². The molecule has 132 valence electrons. The Morgan fingerprint density at radius 2 is 1.69 bits per heavy atom. The first-order valence-electron chi connectivity index (χ1n) is 7.94. The predicted octanol–water partition coefficient (Wildman–Crippen LogP) is 3.98. The Bertz CT molecular complexity index is 912. The molecule has 1 heterocycles. The number of carboxylic acid groups (broad SMARTS) is 1. The third-order valence-corrected chi connectivity index (χ3v) is 3.63. The first kappa shape index (κ1) is 17.3. The summed E-state index contributed by atoms with van der Waals surface area (Å²) in [6, 6.07) is 14.4. The van der Waals surface area contributed by atoms with Gasteiger partial charge in [0.25, 0.3) is 0 Å². The summed E-state index contributed by atoms with van der Waals surface area (Å²) >= 11 is 0. The molecular weight excluding hydrogens is 335 g/mol. The molecule has 0 aliphatic carbocycles. The number of benzene rings is 2. The summed E-state index contributed by atoms with van der Waals surface area (Å²) < 4.78 is 13.0. The van der Waals surface area contributed by atoms with Crippen LogP contribution in [-0.4, -0.2) is 21.0 Å². The summed E-state index contributed by atoms with van der Waals surface area (Å²) in [4.78, 5) is 19.6. The van der Waals surface area contributed by atoms with Crippen LogP contribution in [-0.2, 0) is 6.54 Å². The topological polar surface area (TPSA) is 87.1 Å². The van der Waals surface area contributed by atoms with Crippen LogP contribution in [0.3, 0.4) is 0 Å². The third-order valence-electron chi connectivity index (χ3n) is 3.63. The van der Waals surface area contributed by atoms with Gasteiger partial charge in [-0.15, -0.1) is 0 Å². The first-order valence-corrected chi connectivity index (χ1v) is 7.94. The van der Waals surface area contributed by atoms with Crippen molar-refractivity contribution in [2.24, 2.45) is 0 Å². The number of aryl methyl sites for hydroxylation is 1. The van der Waals surface area contributed by atoms with Gasteiger partial charge in [0.15, 0.2) is 0 Å². The Hall–Kier alpha value is -3.48. The zero-order chi connectivity index (χ0) is 18.5. The number of hydrogen-bond acceptors (Lipinski definition) is 5. The molecule has 0 saturated carbocycles. The summed E-state index contributed by atoms with van der Waals surface area (Å²) in [5, 5.41) is 15.2. The van der Waals surface area contributed by atoms with Gasteiger partial charge < -0.3 is 15.7 Å². The van der Waals surface area contributed by atoms with Crippen molar-refractivity contribution < 1.29 is 14.3 Å². The molecule has 0 bridgehead atoms. The van der Waals surface area contributed by atoms with Gasteiger partial charge in [0, 0.05) is 18.3 Å². The van der Waals surface area contributed by atoms with Crippen molar-refractivity contribution in [1.29, 1.82) is 0 Å². The SMILES string of the molecule is Cc1nc(NCc2ccc(F)cc2)cc(Nc2ccc(C(=O)O)cc2)n1. The van der Waals surface area contributed by atoms with Gasteiger partial charge in [-0.05, 0) is 48.9 Å². The standard InChI is InChI=1S/C19H17FN4O2/c1-12-22-17(21-11-13-2-6-15(20)7-3-13)10-18(23-12)24-16-8-4-14(5-9-16)19(25)26/h2-10H,11H2,1H3,(H,25,26)(H2,21,22,23,24). The largest absolute Gasteiger partial charge is 0.478 e. The second-order valence-electron chi connectivity index (χ2n) is 5.67. The van der Waals surface area contributed by atoms with Crippen LogP contribution in [0.1, 0.15) is 21.7 Å². The van der Waals surface area contributed by atoms with Crippen molar-refractivity contribution in [3.8, 4) is 0 Å². The first-order chi connectivity index (χ1) is 12.5. The minimum Gasteiger partial charge on any atom is -0.478 e. The number of nitrogens with zero attached hydrogens (tertiary/aromatic N) is 2. The molecule has 0 radical (unpaired) electrons. The van der Waals surface area contributed by atoms with Gasteiger partial charge in [0.1, 0.15) is 23.3 Å². The van der Waals surface area contributed by atoms with Crippen LogP contribution in [0, 0.1) is 12.7 Å². The minimum absolute atomic E-state index is 0.219. The lowest BCUT2D eigenvalue weighted by Gasteiger charge is -2.10. The molecule has 3 aromatic rings. The van der Waals surface area contributed by atoms with E-state index in [0.717, 1.165) is 11.3 Å². The number of carbonyl (C=O) groups is 1. The van der Waals surface area contributed by atoms with Crippen molar-refractivity contribution in [1.82, 2.24) is 9.97 Å². The van der Waals surface area contributed by atoms with E-state index >= 15 is 0 Å². The summed E-state index contributed by atoms with van der Waals surface area (Å²) in [5.74, 6) is 0.557. The minimum atomic E-state index is -0.971. The van der Waals surface area contributed by atoms with Crippen molar-refractivity contribution in [3.63, 3.8) is 0 Å². The number of hydrogen-bond donors (Lipinski definition) is 3. The average Bonchev–Trinajstić information content (AvgIpc) is 2.61. The molecule has 26 heavy (non-hydrogen) atoms. The lowest BCUT2D eigenvalue weighted by Crippen LogP contribution is -2.05. The molecule has 0 aliphatic heterocycles. The van der Waals surface area contributed by atoms with Crippen molar-refractivity contribution >= 4 is 23.3 Å². The molecular formula is C19H17FN4O2. The van der Waals surface area contributed by atoms with Crippen LogP contribution in [0.4, 0.5) is 21.7 Å². The van der Waals surface area contributed by atoms with Crippen LogP contribution in [0.5, 0.6) is 0 Å². The Morgan fingerprint density at radius 3 is 2.35 bits per heavy atom. The van der Waals surface area contributed by atoms with Crippen LogP contribution in [0.15, 0.2) is 54.6 Å². The molecule has 0 fully saturated rings. The fraction of sp³-hybridized carbons (Fsp3) is 0.105. The second-order valence-corrected chi connectivity index (χ2v) is 5.67. The number of halogens is 1. The molecule has 0 amide bonds. The highest BCUT2D eigenvalue weighted by atomic mass is 19.1. The van der Waals surface area contributed by atoms with Crippen LogP contribution < -0.4 is 10.6 Å². The molecule has 0 atom stereocenters. The van der Waals surface area contributed by atoms with E-state index in [2.05, 4.69) is 20.6 Å². The molecule has 0 spiro atoms. The lowest BCUT2D eigenvalue weighted by molar-refractivity contribution is 0.0697. The monoisotopic (exact) mass is 352 g/mol. The number of aromatic carboxylic acids is 1. The van der Waals surface area contributed by atoms with Gasteiger partial charge in [0.05, 0.1) is 5.56 Å². The molecule has 6 nitrogen and oxygen atoms in total. The van der Waals surface area contributed by atoms with Gasteiger partial charge in [-0.1, -0.05) is 12.1 Å². The summed E-state index contributed by atoms with van der Waals surface area (Å²) in [5.41, 5.74) is 1.87. The lowest BCUT2D eigenvalue weighted by atomic mass is 10.2. The van der Waals surface area contributed by atoms with Crippen molar-refractivity contribution in [2.75, 3.05) is 10.6 Å². The van der Waals surface area contributed by atoms with E-state index in [1.807, 2.05) is 0 Å². The molecule has 7 heteroatoms. The van der Waals surface area contributed by atoms with E-state index in [0.29, 0.717) is 24.0 Å². The smallest absolute Gasteiger partial charge is 0.335 e. The molecule has 3 rings (SSSR count). The second kappa shape index (κ2) is 7.60. The predicted molar refractivity (Wildman–Crippen MR) is 97.2 cm³/mol. The van der Waals surface area contributed by atoms with E-state index in [4.69, 9.17) is 5.11 Å². The maximum Gasteiger partial charge on any atom is 0.335 e. The Balaban J connectivity index is 1.70. The number of aromatic nitrogens is 2. The number of rotatable bonds is 6. The zero-order valence-electron chi connectivity index (χ0n) is 14.0. The van der Waals surface area contributed by atoms with Gasteiger partial charge in [-0.25, -0.2) is 19.2 Å². The Labute approximate surface area is 149 Å². The fourth-order valence-electron chi connectivity index (χ4n) is 2.36. The summed E-state index contributed by atoms with van der Waals surface area (Å²) in [7, 11) is 0. The molecule has 1 aromatic heterocycles. The van der Waals surface area contributed by atoms with E-state index < -0.39 is 5.97 Å². The van der Waals surface area contributed by atoms with E-state index in [-0.39, 0.29) is 11.4 Å². The third kappa shape index (κ3) is 4.54. The normalized spacial score (nSPS) is 10.4. The van der Waals surface area contributed by atoms with Gasteiger partial charge >= 0.3 is 5.97 Å². The zero-order valence-corrected chi connectivity index (χ0v) is 14.0. The van der Waals surface area contributed by atoms with Crippen molar-refractivity contribution in [2.45, 2.75) is 13.5 Å². The Kier molecular flexibility index (Phi) is 5.07. The maximum atomic E-state index is 13.0. The molecule has 3 N–H and O–H groups in total. The number of anilines is 3. The average molecular weight is 352 g/mol. The Morgan fingerprint density at radius 1 is 1.04 bits per heavy atom. The molecule has 2 aromatic carbocycles. The number of nitrogens with one attached hydrogen (secondary N) is 2. The van der Waals surface area contributed by atoms with Crippen molar-refractivity contribution in [3.05, 3.63) is 77.4 Å². The summed E-state index contributed by atoms with van der Waals surface area (Å²) in [6.07, 6.45) is 0. The molecule has 0 saturated heterocycles. The molecule has 0 aliphatic rings.